The molecule has 0 spiro atoms. The van der Waals surface area contributed by atoms with Crippen LogP contribution < -0.4 is 10.6 Å². The fourth-order valence-corrected chi connectivity index (χ4v) is 6.86. The molecule has 2 N–H and O–H groups in total. The monoisotopic (exact) mass is 521 g/mol. The van der Waals surface area contributed by atoms with Gasteiger partial charge in [-0.1, -0.05) is 36.8 Å². The molecule has 2 fully saturated rings. The van der Waals surface area contributed by atoms with E-state index in [9.17, 15) is 9.59 Å². The summed E-state index contributed by atoms with van der Waals surface area (Å²) in [5.41, 5.74) is 7.41. The van der Waals surface area contributed by atoms with Crippen molar-refractivity contribution in [3.63, 3.8) is 0 Å². The van der Waals surface area contributed by atoms with E-state index in [2.05, 4.69) is 21.9 Å². The highest BCUT2D eigenvalue weighted by molar-refractivity contribution is 7.20. The van der Waals surface area contributed by atoms with Crippen molar-refractivity contribution in [2.75, 3.05) is 37.7 Å². The first-order chi connectivity index (χ1) is 17.9. The number of nitrogens with zero attached hydrogens (tertiary/aromatic N) is 4. The quantitative estimate of drug-likeness (QED) is 0.468. The first-order valence-corrected chi connectivity index (χ1v) is 14.1. The molecule has 9 heteroatoms. The zero-order chi connectivity index (χ0) is 26.0. The highest BCUT2D eigenvalue weighted by atomic mass is 32.1. The lowest BCUT2D eigenvalue weighted by Crippen LogP contribution is -2.63. The van der Waals surface area contributed by atoms with Crippen LogP contribution in [0.15, 0.2) is 30.3 Å². The van der Waals surface area contributed by atoms with Gasteiger partial charge in [-0.25, -0.2) is 14.8 Å². The highest BCUT2D eigenvalue weighted by Crippen LogP contribution is 2.39. The van der Waals surface area contributed by atoms with E-state index in [0.29, 0.717) is 49.7 Å². The number of fused-ring (bicyclic) bond motifs is 1. The van der Waals surface area contributed by atoms with Gasteiger partial charge in [0.1, 0.15) is 26.9 Å². The average molecular weight is 522 g/mol. The van der Waals surface area contributed by atoms with Gasteiger partial charge in [-0.05, 0) is 63.7 Å². The Balaban J connectivity index is 1.51. The van der Waals surface area contributed by atoms with Gasteiger partial charge < -0.3 is 15.4 Å². The highest BCUT2D eigenvalue weighted by Gasteiger charge is 2.45. The minimum absolute atomic E-state index is 0.219. The van der Waals surface area contributed by atoms with Crippen molar-refractivity contribution < 1.29 is 14.3 Å². The van der Waals surface area contributed by atoms with Crippen molar-refractivity contribution in [2.45, 2.75) is 57.9 Å². The number of ether oxygens (including phenoxy) is 1. The van der Waals surface area contributed by atoms with Gasteiger partial charge in [0.2, 0.25) is 5.91 Å². The Labute approximate surface area is 221 Å². The minimum atomic E-state index is -0.601. The SMILES string of the molecule is CCOC(=O)c1sc2nc(Cc3ccccc3)nc(N3CCC(C(N)=O)(N4CCCCC4)CC3)c2c1C. The molecule has 37 heavy (non-hydrogen) atoms. The maximum absolute atomic E-state index is 12.8. The second kappa shape index (κ2) is 10.8. The van der Waals surface area contributed by atoms with Crippen molar-refractivity contribution in [1.29, 1.82) is 0 Å². The van der Waals surface area contributed by atoms with Gasteiger partial charge in [0, 0.05) is 19.5 Å². The largest absolute Gasteiger partial charge is 0.462 e. The van der Waals surface area contributed by atoms with E-state index in [-0.39, 0.29) is 11.9 Å². The molecule has 0 saturated carbocycles. The van der Waals surface area contributed by atoms with Crippen LogP contribution in [0.1, 0.15) is 65.7 Å². The number of benzene rings is 1. The molecule has 0 radical (unpaired) electrons. The summed E-state index contributed by atoms with van der Waals surface area (Å²) in [5, 5.41) is 0.898. The standard InChI is InChI=1S/C28H35N5O3S/c1-3-36-26(34)23-19(2)22-24(30-21(31-25(22)37-23)18-20-10-6-4-7-11-20)32-16-12-28(13-17-32,27(29)35)33-14-8-5-9-15-33/h4,6-7,10-11H,3,5,8-9,12-18H2,1-2H3,(H2,29,35). The predicted octanol–water partition coefficient (Wildman–Crippen LogP) is 4.08. The summed E-state index contributed by atoms with van der Waals surface area (Å²) >= 11 is 1.37. The normalized spacial score (nSPS) is 18.2. The number of primary amides is 1. The zero-order valence-electron chi connectivity index (χ0n) is 21.7. The molecular formula is C28H35N5O3S. The number of nitrogens with two attached hydrogens (primary N) is 1. The van der Waals surface area contributed by atoms with Crippen molar-refractivity contribution in [1.82, 2.24) is 14.9 Å². The summed E-state index contributed by atoms with van der Waals surface area (Å²) in [5.74, 6) is 1.00. The Bertz CT molecular complexity index is 1280. The van der Waals surface area contributed by atoms with E-state index < -0.39 is 5.54 Å². The van der Waals surface area contributed by atoms with Crippen LogP contribution in [0.25, 0.3) is 10.2 Å². The molecule has 1 amide bonds. The van der Waals surface area contributed by atoms with Gasteiger partial charge in [0.15, 0.2) is 0 Å². The number of likely N-dealkylation sites (tertiary alicyclic amines) is 1. The molecule has 2 aromatic heterocycles. The van der Waals surface area contributed by atoms with E-state index >= 15 is 0 Å². The second-order valence-corrected chi connectivity index (χ2v) is 11.0. The fourth-order valence-electron chi connectivity index (χ4n) is 5.77. The lowest BCUT2D eigenvalue weighted by Gasteiger charge is -2.48. The average Bonchev–Trinajstić information content (AvgIpc) is 3.25. The van der Waals surface area contributed by atoms with Gasteiger partial charge in [-0.2, -0.15) is 0 Å². The van der Waals surface area contributed by atoms with Crippen molar-refractivity contribution >= 4 is 39.2 Å². The van der Waals surface area contributed by atoms with Gasteiger partial charge in [-0.3, -0.25) is 9.69 Å². The van der Waals surface area contributed by atoms with E-state index in [1.165, 1.54) is 17.8 Å². The van der Waals surface area contributed by atoms with Crippen molar-refractivity contribution in [3.8, 4) is 0 Å². The number of aryl methyl sites for hydroxylation is 1. The minimum Gasteiger partial charge on any atom is -0.462 e. The molecule has 0 unspecified atom stereocenters. The van der Waals surface area contributed by atoms with Crippen LogP contribution in [-0.2, 0) is 16.0 Å². The Morgan fingerprint density at radius 1 is 1.05 bits per heavy atom. The van der Waals surface area contributed by atoms with Crippen LogP contribution in [0.3, 0.4) is 0 Å². The topological polar surface area (TPSA) is 102 Å². The van der Waals surface area contributed by atoms with Crippen LogP contribution in [-0.4, -0.2) is 65.1 Å². The van der Waals surface area contributed by atoms with Crippen LogP contribution in [0, 0.1) is 6.92 Å². The summed E-state index contributed by atoms with van der Waals surface area (Å²) in [6.45, 7) is 7.26. The van der Waals surface area contributed by atoms with Gasteiger partial charge in [-0.15, -0.1) is 11.3 Å². The third-order valence-electron chi connectivity index (χ3n) is 7.79. The van der Waals surface area contributed by atoms with E-state index in [4.69, 9.17) is 20.4 Å². The molecular weight excluding hydrogens is 486 g/mol. The van der Waals surface area contributed by atoms with Crippen LogP contribution >= 0.6 is 11.3 Å². The Kier molecular flexibility index (Phi) is 7.44. The summed E-state index contributed by atoms with van der Waals surface area (Å²) in [7, 11) is 0. The molecule has 196 valence electrons. The number of rotatable bonds is 7. The zero-order valence-corrected chi connectivity index (χ0v) is 22.5. The first-order valence-electron chi connectivity index (χ1n) is 13.2. The van der Waals surface area contributed by atoms with Crippen LogP contribution in [0.5, 0.6) is 0 Å². The molecule has 2 saturated heterocycles. The molecule has 2 aliphatic heterocycles. The van der Waals surface area contributed by atoms with Crippen molar-refractivity contribution in [3.05, 3.63) is 52.2 Å². The molecule has 0 aliphatic carbocycles. The Morgan fingerprint density at radius 2 is 1.76 bits per heavy atom. The Morgan fingerprint density at radius 3 is 2.41 bits per heavy atom. The van der Waals surface area contributed by atoms with Gasteiger partial charge in [0.05, 0.1) is 12.0 Å². The second-order valence-electron chi connectivity index (χ2n) is 10.0. The summed E-state index contributed by atoms with van der Waals surface area (Å²) in [6.07, 6.45) is 5.35. The number of aromatic nitrogens is 2. The number of hydrogen-bond acceptors (Lipinski definition) is 8. The summed E-state index contributed by atoms with van der Waals surface area (Å²) in [6, 6.07) is 10.2. The third-order valence-corrected chi connectivity index (χ3v) is 8.96. The smallest absolute Gasteiger partial charge is 0.348 e. The molecule has 1 aromatic carbocycles. The van der Waals surface area contributed by atoms with E-state index in [1.54, 1.807) is 0 Å². The number of hydrogen-bond donors (Lipinski definition) is 1. The van der Waals surface area contributed by atoms with E-state index in [0.717, 1.165) is 53.1 Å². The molecule has 3 aromatic rings. The Hall–Kier alpha value is -3.04. The molecule has 0 bridgehead atoms. The fraction of sp³-hybridized carbons (Fsp3) is 0.500. The molecule has 5 rings (SSSR count). The number of carbonyl (C=O) groups is 2. The van der Waals surface area contributed by atoms with Crippen molar-refractivity contribution in [2.24, 2.45) is 5.73 Å². The number of piperidine rings is 2. The number of carbonyl (C=O) groups excluding carboxylic acids is 2. The van der Waals surface area contributed by atoms with Gasteiger partial charge >= 0.3 is 5.97 Å². The van der Waals surface area contributed by atoms with Crippen LogP contribution in [0.4, 0.5) is 5.82 Å². The number of anilines is 1. The lowest BCUT2D eigenvalue weighted by atomic mass is 9.83. The number of amides is 1. The number of esters is 1. The lowest BCUT2D eigenvalue weighted by molar-refractivity contribution is -0.132. The molecule has 4 heterocycles. The van der Waals surface area contributed by atoms with Gasteiger partial charge in [0.25, 0.3) is 0 Å². The third kappa shape index (κ3) is 4.94. The molecule has 8 nitrogen and oxygen atoms in total. The number of thiophene rings is 1. The first kappa shape index (κ1) is 25.6. The maximum atomic E-state index is 12.8. The molecule has 0 atom stereocenters. The van der Waals surface area contributed by atoms with E-state index in [1.807, 2.05) is 32.0 Å². The summed E-state index contributed by atoms with van der Waals surface area (Å²) < 4.78 is 5.32. The maximum Gasteiger partial charge on any atom is 0.348 e. The molecule has 2 aliphatic rings. The summed E-state index contributed by atoms with van der Waals surface area (Å²) in [4.78, 5) is 41.3. The van der Waals surface area contributed by atoms with Crippen LogP contribution in [0.2, 0.25) is 0 Å². The predicted molar refractivity (Wildman–Crippen MR) is 146 cm³/mol.